The van der Waals surface area contributed by atoms with E-state index in [0.717, 1.165) is 28.7 Å². The second-order valence-electron chi connectivity index (χ2n) is 7.10. The highest BCUT2D eigenvalue weighted by Crippen LogP contribution is 2.33. The molecule has 0 saturated carbocycles. The number of aryl methyl sites for hydroxylation is 2. The Hall–Kier alpha value is -3.10. The van der Waals surface area contributed by atoms with Crippen molar-refractivity contribution in [1.82, 2.24) is 14.5 Å². The lowest BCUT2D eigenvalue weighted by atomic mass is 10.1. The number of para-hydroxylation sites is 1. The highest BCUT2D eigenvalue weighted by atomic mass is 35.5. The van der Waals surface area contributed by atoms with Gasteiger partial charge in [0.2, 0.25) is 0 Å². The molecule has 0 bridgehead atoms. The predicted octanol–water partition coefficient (Wildman–Crippen LogP) is 4.98. The Balaban J connectivity index is 0.00000289. The van der Waals surface area contributed by atoms with Crippen LogP contribution in [0.25, 0.3) is 10.2 Å². The molecule has 0 radical (unpaired) electrons. The van der Waals surface area contributed by atoms with Gasteiger partial charge in [-0.3, -0.25) is 9.69 Å². The van der Waals surface area contributed by atoms with E-state index in [0.29, 0.717) is 28.7 Å². The van der Waals surface area contributed by atoms with Gasteiger partial charge in [0.15, 0.2) is 16.6 Å². The van der Waals surface area contributed by atoms with Gasteiger partial charge in [-0.1, -0.05) is 23.5 Å². The van der Waals surface area contributed by atoms with E-state index < -0.39 is 0 Å². The maximum Gasteiger partial charge on any atom is 0.260 e. The van der Waals surface area contributed by atoms with E-state index in [-0.39, 0.29) is 18.3 Å². The minimum absolute atomic E-state index is 0. The summed E-state index contributed by atoms with van der Waals surface area (Å²) in [5.74, 6) is 0.983. The molecular formula is C23H25ClN4O3S. The number of aromatic nitrogens is 3. The van der Waals surface area contributed by atoms with Crippen LogP contribution in [0.2, 0.25) is 0 Å². The number of hydrogen-bond donors (Lipinski definition) is 0. The Labute approximate surface area is 197 Å². The Morgan fingerprint density at radius 3 is 2.66 bits per heavy atom. The lowest BCUT2D eigenvalue weighted by molar-refractivity contribution is 0.0986. The maximum absolute atomic E-state index is 13.5. The van der Waals surface area contributed by atoms with E-state index in [1.165, 1.54) is 11.3 Å². The molecule has 0 N–H and O–H groups in total. The Morgan fingerprint density at radius 1 is 1.16 bits per heavy atom. The summed E-state index contributed by atoms with van der Waals surface area (Å²) in [7, 11) is 3.14. The number of carbonyl (C=O) groups is 1. The number of imidazole rings is 1. The largest absolute Gasteiger partial charge is 0.493 e. The molecule has 0 fully saturated rings. The van der Waals surface area contributed by atoms with Gasteiger partial charge in [-0.2, -0.15) is 0 Å². The third kappa shape index (κ3) is 4.87. The van der Waals surface area contributed by atoms with Crippen LogP contribution < -0.4 is 14.4 Å². The Kier molecular flexibility index (Phi) is 7.71. The molecule has 1 amide bonds. The first-order valence-corrected chi connectivity index (χ1v) is 10.8. The van der Waals surface area contributed by atoms with Crippen molar-refractivity contribution in [2.45, 2.75) is 19.9 Å². The number of hydrogen-bond acceptors (Lipinski definition) is 6. The lowest BCUT2D eigenvalue weighted by Crippen LogP contribution is -2.32. The minimum Gasteiger partial charge on any atom is -0.493 e. The van der Waals surface area contributed by atoms with Crippen molar-refractivity contribution in [1.29, 1.82) is 0 Å². The third-order valence-electron chi connectivity index (χ3n) is 5.07. The smallest absolute Gasteiger partial charge is 0.260 e. The Bertz CT molecular complexity index is 1190. The zero-order chi connectivity index (χ0) is 21.8. The van der Waals surface area contributed by atoms with E-state index in [9.17, 15) is 4.79 Å². The molecule has 0 aliphatic carbocycles. The molecule has 2 aromatic heterocycles. The van der Waals surface area contributed by atoms with E-state index in [4.69, 9.17) is 14.5 Å². The summed E-state index contributed by atoms with van der Waals surface area (Å²) in [5.41, 5.74) is 2.55. The molecule has 0 aliphatic rings. The number of methoxy groups -OCH3 is 2. The molecule has 32 heavy (non-hydrogen) atoms. The summed E-state index contributed by atoms with van der Waals surface area (Å²) in [6.07, 6.45) is 6.22. The molecule has 0 saturated heterocycles. The van der Waals surface area contributed by atoms with Crippen LogP contribution in [-0.4, -0.2) is 41.2 Å². The van der Waals surface area contributed by atoms with Crippen LogP contribution in [0.1, 0.15) is 22.3 Å². The van der Waals surface area contributed by atoms with Gasteiger partial charge >= 0.3 is 0 Å². The summed E-state index contributed by atoms with van der Waals surface area (Å²) >= 11 is 1.53. The van der Waals surface area contributed by atoms with Crippen molar-refractivity contribution < 1.29 is 14.3 Å². The van der Waals surface area contributed by atoms with Crippen molar-refractivity contribution in [3.63, 3.8) is 0 Å². The number of amides is 1. The van der Waals surface area contributed by atoms with E-state index in [2.05, 4.69) is 4.98 Å². The average molecular weight is 473 g/mol. The van der Waals surface area contributed by atoms with Crippen LogP contribution in [-0.2, 0) is 6.54 Å². The number of rotatable bonds is 8. The molecule has 2 aromatic carbocycles. The van der Waals surface area contributed by atoms with Crippen molar-refractivity contribution in [2.24, 2.45) is 0 Å². The topological polar surface area (TPSA) is 69.5 Å². The molecule has 0 atom stereocenters. The standard InChI is InChI=1S/C23H24N4O3S.ClH/c1-16-6-4-7-20-21(16)25-23(31-20)27(12-5-11-26-13-10-24-15-26)22(28)17-8-9-18(29-2)19(14-17)30-3;/h4,6-10,13-15H,5,11-12H2,1-3H3;1H. The van der Waals surface area contributed by atoms with Crippen LogP contribution in [0, 0.1) is 6.92 Å². The molecule has 7 nitrogen and oxygen atoms in total. The van der Waals surface area contributed by atoms with E-state index in [1.54, 1.807) is 49.8 Å². The number of ether oxygens (including phenoxy) is 2. The molecule has 4 rings (SSSR count). The molecule has 9 heteroatoms. The van der Waals surface area contributed by atoms with Crippen LogP contribution in [0.5, 0.6) is 11.5 Å². The zero-order valence-corrected chi connectivity index (χ0v) is 19.8. The summed E-state index contributed by atoms with van der Waals surface area (Å²) in [6, 6.07) is 11.3. The van der Waals surface area contributed by atoms with Gasteiger partial charge in [-0.25, -0.2) is 9.97 Å². The van der Waals surface area contributed by atoms with Gasteiger partial charge in [0, 0.05) is 31.0 Å². The lowest BCUT2D eigenvalue weighted by Gasteiger charge is -2.20. The number of fused-ring (bicyclic) bond motifs is 1. The number of benzene rings is 2. The third-order valence-corrected chi connectivity index (χ3v) is 6.12. The average Bonchev–Trinajstić information content (AvgIpc) is 3.46. The number of carbonyl (C=O) groups excluding carboxylic acids is 1. The highest BCUT2D eigenvalue weighted by Gasteiger charge is 2.22. The van der Waals surface area contributed by atoms with Gasteiger partial charge < -0.3 is 14.0 Å². The van der Waals surface area contributed by atoms with Crippen LogP contribution >= 0.6 is 23.7 Å². The minimum atomic E-state index is -0.122. The quantitative estimate of drug-likeness (QED) is 0.362. The van der Waals surface area contributed by atoms with Crippen molar-refractivity contribution in [2.75, 3.05) is 25.7 Å². The summed E-state index contributed by atoms with van der Waals surface area (Å²) < 4.78 is 13.8. The monoisotopic (exact) mass is 472 g/mol. The first-order chi connectivity index (χ1) is 15.1. The van der Waals surface area contributed by atoms with Crippen LogP contribution in [0.3, 0.4) is 0 Å². The van der Waals surface area contributed by atoms with Crippen molar-refractivity contribution in [3.05, 3.63) is 66.2 Å². The molecule has 2 heterocycles. The summed E-state index contributed by atoms with van der Waals surface area (Å²) in [5, 5.41) is 0.690. The van der Waals surface area contributed by atoms with Crippen LogP contribution in [0.15, 0.2) is 55.1 Å². The predicted molar refractivity (Wildman–Crippen MR) is 130 cm³/mol. The molecule has 0 unspecified atom stereocenters. The normalized spacial score (nSPS) is 10.6. The maximum atomic E-state index is 13.5. The van der Waals surface area contributed by atoms with Gasteiger partial charge in [-0.05, 0) is 43.2 Å². The van der Waals surface area contributed by atoms with Gasteiger partial charge in [0.05, 0.1) is 30.8 Å². The fourth-order valence-corrected chi connectivity index (χ4v) is 4.50. The van der Waals surface area contributed by atoms with E-state index in [1.807, 2.05) is 35.9 Å². The van der Waals surface area contributed by atoms with E-state index >= 15 is 0 Å². The number of thiazole rings is 1. The molecule has 168 valence electrons. The molecular weight excluding hydrogens is 448 g/mol. The first-order valence-electron chi connectivity index (χ1n) is 9.96. The second-order valence-corrected chi connectivity index (χ2v) is 8.11. The molecule has 4 aromatic rings. The molecule has 0 aliphatic heterocycles. The van der Waals surface area contributed by atoms with Gasteiger partial charge in [0.1, 0.15) is 0 Å². The van der Waals surface area contributed by atoms with Gasteiger partial charge in [-0.15, -0.1) is 12.4 Å². The fraction of sp³-hybridized carbons (Fsp3) is 0.261. The van der Waals surface area contributed by atoms with Crippen molar-refractivity contribution >= 4 is 45.0 Å². The zero-order valence-electron chi connectivity index (χ0n) is 18.1. The summed E-state index contributed by atoms with van der Waals surface area (Å²) in [4.78, 5) is 24.2. The Morgan fingerprint density at radius 2 is 1.97 bits per heavy atom. The summed E-state index contributed by atoms with van der Waals surface area (Å²) in [6.45, 7) is 3.33. The fourth-order valence-electron chi connectivity index (χ4n) is 3.43. The second kappa shape index (κ2) is 10.5. The highest BCUT2D eigenvalue weighted by molar-refractivity contribution is 7.22. The van der Waals surface area contributed by atoms with Crippen LogP contribution in [0.4, 0.5) is 5.13 Å². The number of halogens is 1. The number of nitrogens with zero attached hydrogens (tertiary/aromatic N) is 4. The van der Waals surface area contributed by atoms with Gasteiger partial charge in [0.25, 0.3) is 5.91 Å². The van der Waals surface area contributed by atoms with Crippen molar-refractivity contribution in [3.8, 4) is 11.5 Å². The SMILES string of the molecule is COc1ccc(C(=O)N(CCCn2ccnc2)c2nc3c(C)cccc3s2)cc1OC.Cl. The first kappa shape index (κ1) is 23.6. The number of anilines is 1. The molecule has 0 spiro atoms.